The lowest BCUT2D eigenvalue weighted by atomic mass is 9.90. The molecular formula is C16H22ClN3O. The van der Waals surface area contributed by atoms with Gasteiger partial charge in [-0.15, -0.1) is 0 Å². The maximum atomic E-state index is 12.0. The third-order valence-corrected chi connectivity index (χ3v) is 4.07. The SMILES string of the molecule is CC(C)[C@@](C)(C#N)NC(=O)CN[C@@H](C)c1ccccc1Cl. The standard InChI is InChI=1S/C16H22ClN3O/c1-11(2)16(4,10-18)20-15(21)9-19-12(3)13-7-5-6-8-14(13)17/h5-8,11-12,19H,9H2,1-4H3,(H,20,21)/t12-,16+/m0/s1. The monoisotopic (exact) mass is 307 g/mol. The van der Waals surface area contributed by atoms with Crippen LogP contribution in [-0.4, -0.2) is 18.0 Å². The highest BCUT2D eigenvalue weighted by atomic mass is 35.5. The Kier molecular flexibility index (Phi) is 6.19. The van der Waals surface area contributed by atoms with Crippen LogP contribution in [0, 0.1) is 17.2 Å². The summed E-state index contributed by atoms with van der Waals surface area (Å²) < 4.78 is 0. The lowest BCUT2D eigenvalue weighted by Crippen LogP contribution is -2.51. The van der Waals surface area contributed by atoms with Crippen molar-refractivity contribution >= 4 is 17.5 Å². The van der Waals surface area contributed by atoms with Crippen molar-refractivity contribution in [3.05, 3.63) is 34.9 Å². The second kappa shape index (κ2) is 7.44. The zero-order chi connectivity index (χ0) is 16.0. The Hall–Kier alpha value is -1.57. The van der Waals surface area contributed by atoms with E-state index in [0.717, 1.165) is 5.56 Å². The van der Waals surface area contributed by atoms with Crippen molar-refractivity contribution < 1.29 is 4.79 Å². The Morgan fingerprint density at radius 3 is 2.52 bits per heavy atom. The highest BCUT2D eigenvalue weighted by Crippen LogP contribution is 2.22. The summed E-state index contributed by atoms with van der Waals surface area (Å²) in [6.45, 7) is 7.62. The molecule has 1 amide bonds. The number of hydrogen-bond acceptors (Lipinski definition) is 3. The molecule has 0 saturated carbocycles. The maximum absolute atomic E-state index is 12.0. The number of hydrogen-bond donors (Lipinski definition) is 2. The molecule has 1 aromatic carbocycles. The molecule has 0 heterocycles. The van der Waals surface area contributed by atoms with Gasteiger partial charge in [0, 0.05) is 11.1 Å². The Balaban J connectivity index is 2.58. The molecule has 0 bridgehead atoms. The van der Waals surface area contributed by atoms with E-state index in [4.69, 9.17) is 11.6 Å². The van der Waals surface area contributed by atoms with Crippen LogP contribution in [-0.2, 0) is 4.79 Å². The first-order valence-corrected chi connectivity index (χ1v) is 7.38. The van der Waals surface area contributed by atoms with Crippen LogP contribution in [0.5, 0.6) is 0 Å². The average molecular weight is 308 g/mol. The third kappa shape index (κ3) is 4.73. The average Bonchev–Trinajstić information content (AvgIpc) is 2.44. The fraction of sp³-hybridized carbons (Fsp3) is 0.500. The summed E-state index contributed by atoms with van der Waals surface area (Å²) in [6, 6.07) is 9.63. The first kappa shape index (κ1) is 17.5. The van der Waals surface area contributed by atoms with Crippen LogP contribution < -0.4 is 10.6 Å². The number of nitrogens with zero attached hydrogens (tertiary/aromatic N) is 1. The van der Waals surface area contributed by atoms with Gasteiger partial charge in [-0.05, 0) is 31.4 Å². The molecule has 2 N–H and O–H groups in total. The van der Waals surface area contributed by atoms with Crippen molar-refractivity contribution in [1.29, 1.82) is 5.26 Å². The van der Waals surface area contributed by atoms with E-state index in [2.05, 4.69) is 16.7 Å². The molecule has 0 aliphatic rings. The first-order valence-electron chi connectivity index (χ1n) is 7.00. The number of benzene rings is 1. The summed E-state index contributed by atoms with van der Waals surface area (Å²) >= 11 is 6.12. The molecule has 5 heteroatoms. The van der Waals surface area contributed by atoms with E-state index in [9.17, 15) is 10.1 Å². The van der Waals surface area contributed by atoms with Gasteiger partial charge in [-0.2, -0.15) is 5.26 Å². The smallest absolute Gasteiger partial charge is 0.235 e. The van der Waals surface area contributed by atoms with Crippen molar-refractivity contribution in [2.75, 3.05) is 6.54 Å². The Morgan fingerprint density at radius 2 is 2.00 bits per heavy atom. The lowest BCUT2D eigenvalue weighted by Gasteiger charge is -2.27. The highest BCUT2D eigenvalue weighted by molar-refractivity contribution is 6.31. The molecule has 0 aliphatic heterocycles. The van der Waals surface area contributed by atoms with E-state index in [0.29, 0.717) is 5.02 Å². The number of nitrogens with one attached hydrogen (secondary N) is 2. The van der Waals surface area contributed by atoms with E-state index in [-0.39, 0.29) is 24.4 Å². The fourth-order valence-electron chi connectivity index (χ4n) is 1.82. The summed E-state index contributed by atoms with van der Waals surface area (Å²) in [6.07, 6.45) is 0. The van der Waals surface area contributed by atoms with Crippen molar-refractivity contribution in [2.24, 2.45) is 5.92 Å². The molecular weight excluding hydrogens is 286 g/mol. The van der Waals surface area contributed by atoms with Crippen LogP contribution in [0.25, 0.3) is 0 Å². The molecule has 0 saturated heterocycles. The Morgan fingerprint density at radius 1 is 1.38 bits per heavy atom. The van der Waals surface area contributed by atoms with Crippen molar-refractivity contribution in [3.8, 4) is 6.07 Å². The number of carbonyl (C=O) groups excluding carboxylic acids is 1. The van der Waals surface area contributed by atoms with Gasteiger partial charge in [0.15, 0.2) is 0 Å². The lowest BCUT2D eigenvalue weighted by molar-refractivity contribution is -0.122. The second-order valence-electron chi connectivity index (χ2n) is 5.64. The number of amides is 1. The van der Waals surface area contributed by atoms with Gasteiger partial charge in [-0.25, -0.2) is 0 Å². The number of nitriles is 1. The minimum Gasteiger partial charge on any atom is -0.337 e. The molecule has 0 aliphatic carbocycles. The van der Waals surface area contributed by atoms with E-state index in [1.165, 1.54) is 0 Å². The van der Waals surface area contributed by atoms with Crippen molar-refractivity contribution in [2.45, 2.75) is 39.3 Å². The van der Waals surface area contributed by atoms with E-state index in [1.807, 2.05) is 45.0 Å². The maximum Gasteiger partial charge on any atom is 0.235 e. The molecule has 4 nitrogen and oxygen atoms in total. The van der Waals surface area contributed by atoms with Crippen molar-refractivity contribution in [1.82, 2.24) is 10.6 Å². The summed E-state index contributed by atoms with van der Waals surface area (Å²) in [4.78, 5) is 12.0. The van der Waals surface area contributed by atoms with E-state index in [1.54, 1.807) is 6.92 Å². The largest absolute Gasteiger partial charge is 0.337 e. The van der Waals surface area contributed by atoms with Gasteiger partial charge in [0.25, 0.3) is 0 Å². The summed E-state index contributed by atoms with van der Waals surface area (Å²) in [7, 11) is 0. The third-order valence-electron chi connectivity index (χ3n) is 3.73. The molecule has 114 valence electrons. The summed E-state index contributed by atoms with van der Waals surface area (Å²) in [5.41, 5.74) is 0.0886. The minimum atomic E-state index is -0.855. The molecule has 0 radical (unpaired) electrons. The van der Waals surface area contributed by atoms with Gasteiger partial charge in [0.05, 0.1) is 12.6 Å². The van der Waals surface area contributed by atoms with Gasteiger partial charge < -0.3 is 10.6 Å². The van der Waals surface area contributed by atoms with Crippen LogP contribution in [0.2, 0.25) is 5.02 Å². The molecule has 0 aromatic heterocycles. The number of rotatable bonds is 6. The van der Waals surface area contributed by atoms with Gasteiger partial charge in [-0.3, -0.25) is 4.79 Å². The minimum absolute atomic E-state index is 0.0347. The predicted molar refractivity (Wildman–Crippen MR) is 84.9 cm³/mol. The molecule has 2 atom stereocenters. The second-order valence-corrected chi connectivity index (χ2v) is 6.05. The van der Waals surface area contributed by atoms with Crippen LogP contribution in [0.3, 0.4) is 0 Å². The van der Waals surface area contributed by atoms with Gasteiger partial charge in [0.2, 0.25) is 5.91 Å². The zero-order valence-electron chi connectivity index (χ0n) is 12.9. The molecule has 0 unspecified atom stereocenters. The molecule has 1 rings (SSSR count). The van der Waals surface area contributed by atoms with E-state index >= 15 is 0 Å². The first-order chi connectivity index (χ1) is 9.80. The Labute approximate surface area is 131 Å². The normalized spacial score (nSPS) is 15.1. The fourth-order valence-corrected chi connectivity index (χ4v) is 2.12. The highest BCUT2D eigenvalue weighted by Gasteiger charge is 2.29. The van der Waals surface area contributed by atoms with Crippen LogP contribution in [0.4, 0.5) is 0 Å². The van der Waals surface area contributed by atoms with Gasteiger partial charge in [-0.1, -0.05) is 43.6 Å². The number of halogens is 1. The van der Waals surface area contributed by atoms with Crippen molar-refractivity contribution in [3.63, 3.8) is 0 Å². The molecule has 1 aromatic rings. The summed E-state index contributed by atoms with van der Waals surface area (Å²) in [5.74, 6) is -0.168. The Bertz CT molecular complexity index is 539. The zero-order valence-corrected chi connectivity index (χ0v) is 13.7. The molecule has 0 spiro atoms. The molecule has 21 heavy (non-hydrogen) atoms. The van der Waals surface area contributed by atoms with Crippen LogP contribution >= 0.6 is 11.6 Å². The number of carbonyl (C=O) groups is 1. The topological polar surface area (TPSA) is 64.9 Å². The van der Waals surface area contributed by atoms with Gasteiger partial charge >= 0.3 is 0 Å². The van der Waals surface area contributed by atoms with Crippen LogP contribution in [0.15, 0.2) is 24.3 Å². The molecule has 0 fully saturated rings. The van der Waals surface area contributed by atoms with Gasteiger partial charge in [0.1, 0.15) is 5.54 Å². The van der Waals surface area contributed by atoms with E-state index < -0.39 is 5.54 Å². The van der Waals surface area contributed by atoms with Crippen LogP contribution in [0.1, 0.15) is 39.3 Å². The predicted octanol–water partition coefficient (Wildman–Crippen LogP) is 3.05. The summed E-state index contributed by atoms with van der Waals surface area (Å²) in [5, 5.41) is 15.7. The quantitative estimate of drug-likeness (QED) is 0.849.